The monoisotopic (exact) mass is 676 g/mol. The van der Waals surface area contributed by atoms with Gasteiger partial charge in [0.15, 0.2) is 0 Å². The minimum absolute atomic E-state index is 0. The van der Waals surface area contributed by atoms with Crippen LogP contribution in [0.3, 0.4) is 0 Å². The van der Waals surface area contributed by atoms with Gasteiger partial charge in [0.25, 0.3) is 5.97 Å². The van der Waals surface area contributed by atoms with E-state index in [2.05, 4.69) is 19.9 Å². The molecule has 0 radical (unpaired) electrons. The molecule has 0 aromatic carbocycles. The molecule has 0 aromatic heterocycles. The van der Waals surface area contributed by atoms with Gasteiger partial charge < -0.3 is 22.9 Å². The van der Waals surface area contributed by atoms with Gasteiger partial charge in [-0.25, -0.2) is 0 Å². The Morgan fingerprint density at radius 3 is 2.58 bits per heavy atom. The average Bonchev–Trinajstić information content (AvgIpc) is 3.09. The number of nitrogens with one attached hydrogen (secondary N) is 1. The summed E-state index contributed by atoms with van der Waals surface area (Å²) in [5.41, 5.74) is 9.95. The maximum atomic E-state index is 12.4. The van der Waals surface area contributed by atoms with Crippen molar-refractivity contribution in [2.45, 2.75) is 90.7 Å². The number of ketones is 1. The standard InChI is InChI=1S/C26H40NO3S.ClH.Pt/c1-16(28)20-7-8-21-19-6-5-17-15-18(30-24(29)23(27)11-14-31-4)9-12-25(17,2)22(19)10-13-26(20,21)3;;/h5,18-23,27H,6-15H2,1-4H3;1H;/q-1;;+2/p-1/t18-,19?,20+,21?,22?,23+,25-,26+;;/m0../s1. The molecule has 0 spiro atoms. The van der Waals surface area contributed by atoms with E-state index < -0.39 is 6.04 Å². The molecule has 0 aromatic rings. The van der Waals surface area contributed by atoms with E-state index in [1.807, 2.05) is 6.26 Å². The summed E-state index contributed by atoms with van der Waals surface area (Å²) in [5, 5.41) is 0. The van der Waals surface area contributed by atoms with Crippen LogP contribution in [0.2, 0.25) is 0 Å². The minimum atomic E-state index is -0.752. The molecule has 0 heterocycles. The molecule has 0 saturated heterocycles. The molecule has 4 rings (SSSR count). The molecule has 4 aliphatic carbocycles. The molecule has 0 aliphatic heterocycles. The molecule has 33 heavy (non-hydrogen) atoms. The summed E-state index contributed by atoms with van der Waals surface area (Å²) in [5.74, 6) is 3.20. The van der Waals surface area contributed by atoms with Gasteiger partial charge in [0.1, 0.15) is 11.9 Å². The van der Waals surface area contributed by atoms with Gasteiger partial charge in [-0.2, -0.15) is 11.8 Å². The quantitative estimate of drug-likeness (QED) is 0.320. The Bertz CT molecular complexity index is 764. The van der Waals surface area contributed by atoms with Crippen LogP contribution in [-0.2, 0) is 35.4 Å². The van der Waals surface area contributed by atoms with E-state index >= 15 is 0 Å². The number of Topliss-reactive ketones (excluding diaryl/α,β-unsaturated/α-hetero) is 1. The van der Waals surface area contributed by atoms with Crippen molar-refractivity contribution < 1.29 is 47.8 Å². The minimum Gasteiger partial charge on any atom is -1.00 e. The molecule has 4 aliphatic rings. The second kappa shape index (κ2) is 11.5. The van der Waals surface area contributed by atoms with Crippen molar-refractivity contribution in [3.63, 3.8) is 0 Å². The van der Waals surface area contributed by atoms with Crippen LogP contribution in [0.4, 0.5) is 0 Å². The number of allylic oxidation sites excluding steroid dienone is 1. The van der Waals surface area contributed by atoms with E-state index in [9.17, 15) is 9.59 Å². The molecule has 190 valence electrons. The summed E-state index contributed by atoms with van der Waals surface area (Å²) >= 11 is 1.67. The molecule has 8 atom stereocenters. The van der Waals surface area contributed by atoms with Crippen molar-refractivity contribution in [2.75, 3.05) is 12.0 Å². The van der Waals surface area contributed by atoms with Crippen LogP contribution >= 0.6 is 11.8 Å². The SMILES string of the molecule is CSCC[C@@H]([NH-])C(=O)O[C@H]1CC[C@@]2(C)C(=CCC3C2CC[C@@]2(C)C3CC[C@@H]2C(C)=O)C1.[Cl-].[Pt+2]. The largest absolute Gasteiger partial charge is 2.00 e. The van der Waals surface area contributed by atoms with Crippen molar-refractivity contribution in [2.24, 2.45) is 34.5 Å². The predicted molar refractivity (Wildman–Crippen MR) is 127 cm³/mol. The third-order valence-electron chi connectivity index (χ3n) is 9.73. The zero-order valence-corrected chi connectivity index (χ0v) is 24.3. The van der Waals surface area contributed by atoms with E-state index in [-0.39, 0.29) is 62.3 Å². The molecule has 0 amide bonds. The Labute approximate surface area is 225 Å². The number of hydrogen-bond acceptors (Lipinski definition) is 4. The van der Waals surface area contributed by atoms with E-state index in [0.29, 0.717) is 30.0 Å². The summed E-state index contributed by atoms with van der Waals surface area (Å²) in [6, 6.07) is -0.752. The van der Waals surface area contributed by atoms with Crippen molar-refractivity contribution >= 4 is 23.5 Å². The first-order valence-corrected chi connectivity index (χ1v) is 13.7. The van der Waals surface area contributed by atoms with Crippen LogP contribution in [0.1, 0.15) is 78.6 Å². The van der Waals surface area contributed by atoms with Gasteiger partial charge in [0.05, 0.1) is 0 Å². The zero-order valence-electron chi connectivity index (χ0n) is 20.4. The number of halogens is 1. The summed E-state index contributed by atoms with van der Waals surface area (Å²) in [6.45, 7) is 6.66. The Hall–Kier alpha value is 0.168. The van der Waals surface area contributed by atoms with E-state index in [0.717, 1.165) is 37.9 Å². The topological polar surface area (TPSA) is 67.2 Å². The molecule has 3 saturated carbocycles. The fourth-order valence-electron chi connectivity index (χ4n) is 8.00. The summed E-state index contributed by atoms with van der Waals surface area (Å²) in [7, 11) is 0. The van der Waals surface area contributed by atoms with E-state index in [1.54, 1.807) is 18.7 Å². The number of carbonyl (C=O) groups excluding carboxylic acids is 2. The predicted octanol–water partition coefficient (Wildman–Crippen LogP) is 3.24. The molecule has 4 nitrogen and oxygen atoms in total. The van der Waals surface area contributed by atoms with Crippen molar-refractivity contribution in [1.29, 1.82) is 0 Å². The number of rotatable bonds is 6. The third-order valence-corrected chi connectivity index (χ3v) is 10.4. The first kappa shape index (κ1) is 29.4. The number of ether oxygens (including phenoxy) is 1. The maximum Gasteiger partial charge on any atom is 2.00 e. The summed E-state index contributed by atoms with van der Waals surface area (Å²) < 4.78 is 5.79. The maximum absolute atomic E-state index is 12.4. The fraction of sp³-hybridized carbons (Fsp3) is 0.846. The van der Waals surface area contributed by atoms with Gasteiger partial charge in [0.2, 0.25) is 0 Å². The van der Waals surface area contributed by atoms with Crippen molar-refractivity contribution in [3.05, 3.63) is 17.4 Å². The molecule has 0 bridgehead atoms. The Morgan fingerprint density at radius 2 is 1.91 bits per heavy atom. The van der Waals surface area contributed by atoms with Crippen LogP contribution < -0.4 is 12.4 Å². The van der Waals surface area contributed by atoms with Crippen LogP contribution in [0.15, 0.2) is 11.6 Å². The number of fused-ring (bicyclic) bond motifs is 5. The Kier molecular flexibility index (Phi) is 10.2. The molecular formula is C26H40ClNO3PtS. The number of carbonyl (C=O) groups is 2. The summed E-state index contributed by atoms with van der Waals surface area (Å²) in [4.78, 5) is 24.7. The van der Waals surface area contributed by atoms with Gasteiger partial charge in [-0.3, -0.25) is 9.59 Å². The Morgan fingerprint density at radius 1 is 1.18 bits per heavy atom. The van der Waals surface area contributed by atoms with Gasteiger partial charge in [-0.15, -0.1) is 0 Å². The second-order valence-electron chi connectivity index (χ2n) is 11.2. The van der Waals surface area contributed by atoms with Gasteiger partial charge in [-0.1, -0.05) is 31.9 Å². The molecule has 7 heteroatoms. The second-order valence-corrected chi connectivity index (χ2v) is 12.2. The first-order valence-electron chi connectivity index (χ1n) is 12.3. The van der Waals surface area contributed by atoms with Crippen LogP contribution in [-0.4, -0.2) is 35.9 Å². The summed E-state index contributed by atoms with van der Waals surface area (Å²) in [6.07, 6.45) is 13.6. The van der Waals surface area contributed by atoms with Crippen LogP contribution in [0.5, 0.6) is 0 Å². The van der Waals surface area contributed by atoms with Crippen LogP contribution in [0, 0.1) is 34.5 Å². The molecule has 3 unspecified atom stereocenters. The van der Waals surface area contributed by atoms with Gasteiger partial charge in [-0.05, 0) is 98.5 Å². The average molecular weight is 677 g/mol. The number of esters is 1. The molecular weight excluding hydrogens is 637 g/mol. The molecule has 1 N–H and O–H groups in total. The fourth-order valence-corrected chi connectivity index (χ4v) is 8.47. The van der Waals surface area contributed by atoms with E-state index in [1.165, 1.54) is 24.8 Å². The van der Waals surface area contributed by atoms with Crippen molar-refractivity contribution in [3.8, 4) is 0 Å². The van der Waals surface area contributed by atoms with Gasteiger partial charge in [0, 0.05) is 12.3 Å². The first-order chi connectivity index (χ1) is 14.7. The van der Waals surface area contributed by atoms with E-state index in [4.69, 9.17) is 10.5 Å². The third kappa shape index (κ3) is 5.32. The zero-order chi connectivity index (χ0) is 22.4. The smallest absolute Gasteiger partial charge is 1.00 e. The van der Waals surface area contributed by atoms with Crippen LogP contribution in [0.25, 0.3) is 5.73 Å². The number of thioether (sulfide) groups is 1. The normalized spacial score (nSPS) is 40.0. The number of hydrogen-bond donors (Lipinski definition) is 0. The Balaban J connectivity index is 0.00000193. The van der Waals surface area contributed by atoms with Gasteiger partial charge >= 0.3 is 21.1 Å². The van der Waals surface area contributed by atoms with Crippen molar-refractivity contribution in [1.82, 2.24) is 0 Å². The molecule has 3 fully saturated rings.